The zero-order valence-corrected chi connectivity index (χ0v) is 11.6. The Morgan fingerprint density at radius 2 is 2.26 bits per heavy atom. The van der Waals surface area contributed by atoms with Crippen LogP contribution in [0.2, 0.25) is 5.02 Å². The van der Waals surface area contributed by atoms with E-state index in [9.17, 15) is 4.79 Å². The third-order valence-corrected chi connectivity index (χ3v) is 3.10. The van der Waals surface area contributed by atoms with Crippen molar-refractivity contribution in [2.45, 2.75) is 12.8 Å². The average molecular weight is 283 g/mol. The molecule has 0 heterocycles. The molecule has 0 aromatic heterocycles. The van der Waals surface area contributed by atoms with Crippen molar-refractivity contribution in [1.82, 2.24) is 5.32 Å². The maximum Gasteiger partial charge on any atom is 0.238 e. The van der Waals surface area contributed by atoms with Crippen LogP contribution in [0.15, 0.2) is 24.3 Å². The third kappa shape index (κ3) is 6.05. The minimum absolute atomic E-state index is 0.0792. The molecule has 0 atom stereocenters. The predicted octanol–water partition coefficient (Wildman–Crippen LogP) is 2.29. The van der Waals surface area contributed by atoms with Gasteiger partial charge >= 0.3 is 0 Å². The van der Waals surface area contributed by atoms with Gasteiger partial charge in [0.05, 0.1) is 13.2 Å². The lowest BCUT2D eigenvalue weighted by atomic mass is 10.3. The highest BCUT2D eigenvalue weighted by atomic mass is 35.5. The van der Waals surface area contributed by atoms with Crippen molar-refractivity contribution in [2.75, 3.05) is 31.6 Å². The van der Waals surface area contributed by atoms with Gasteiger partial charge < -0.3 is 15.4 Å². The van der Waals surface area contributed by atoms with Gasteiger partial charge in [-0.1, -0.05) is 17.7 Å². The van der Waals surface area contributed by atoms with Crippen LogP contribution in [0.3, 0.4) is 0 Å². The van der Waals surface area contributed by atoms with Crippen LogP contribution in [-0.2, 0) is 9.53 Å². The number of ether oxygens (including phenoxy) is 1. The fourth-order valence-corrected chi connectivity index (χ4v) is 1.84. The van der Waals surface area contributed by atoms with E-state index in [1.165, 1.54) is 12.8 Å². The van der Waals surface area contributed by atoms with Gasteiger partial charge in [0.1, 0.15) is 0 Å². The normalized spacial score (nSPS) is 14.4. The fraction of sp³-hybridized carbons (Fsp3) is 0.500. The quantitative estimate of drug-likeness (QED) is 0.720. The molecule has 0 radical (unpaired) electrons. The first-order valence-corrected chi connectivity index (χ1v) is 6.96. The molecule has 0 aliphatic heterocycles. The molecule has 19 heavy (non-hydrogen) atoms. The van der Waals surface area contributed by atoms with Crippen LogP contribution in [-0.4, -0.2) is 32.2 Å². The summed E-state index contributed by atoms with van der Waals surface area (Å²) in [5.74, 6) is 0.704. The van der Waals surface area contributed by atoms with Crippen LogP contribution < -0.4 is 10.6 Å². The van der Waals surface area contributed by atoms with E-state index in [0.29, 0.717) is 23.9 Å². The van der Waals surface area contributed by atoms with E-state index in [1.807, 2.05) is 6.07 Å². The summed E-state index contributed by atoms with van der Waals surface area (Å²) >= 11 is 5.84. The molecule has 1 aliphatic carbocycles. The highest BCUT2D eigenvalue weighted by molar-refractivity contribution is 6.30. The Morgan fingerprint density at radius 3 is 3.00 bits per heavy atom. The van der Waals surface area contributed by atoms with Crippen molar-refractivity contribution in [3.8, 4) is 0 Å². The van der Waals surface area contributed by atoms with Crippen molar-refractivity contribution in [2.24, 2.45) is 5.92 Å². The van der Waals surface area contributed by atoms with E-state index >= 15 is 0 Å². The summed E-state index contributed by atoms with van der Waals surface area (Å²) in [6.07, 6.45) is 2.60. The molecule has 0 spiro atoms. The van der Waals surface area contributed by atoms with Crippen molar-refractivity contribution in [3.63, 3.8) is 0 Å². The van der Waals surface area contributed by atoms with E-state index in [2.05, 4.69) is 10.6 Å². The second-order valence-electron chi connectivity index (χ2n) is 4.75. The fourth-order valence-electron chi connectivity index (χ4n) is 1.65. The van der Waals surface area contributed by atoms with Gasteiger partial charge in [-0.25, -0.2) is 0 Å². The highest BCUT2D eigenvalue weighted by Crippen LogP contribution is 2.28. The van der Waals surface area contributed by atoms with Gasteiger partial charge in [0, 0.05) is 23.9 Å². The Balaban J connectivity index is 1.53. The smallest absolute Gasteiger partial charge is 0.238 e. The molecule has 0 unspecified atom stereocenters. The number of amides is 1. The van der Waals surface area contributed by atoms with Crippen molar-refractivity contribution in [1.29, 1.82) is 0 Å². The largest absolute Gasteiger partial charge is 0.380 e. The maximum absolute atomic E-state index is 11.6. The molecule has 2 rings (SSSR count). The Bertz CT molecular complexity index is 422. The molecule has 0 bridgehead atoms. The molecule has 1 amide bonds. The highest BCUT2D eigenvalue weighted by Gasteiger charge is 2.20. The van der Waals surface area contributed by atoms with E-state index in [4.69, 9.17) is 16.3 Å². The van der Waals surface area contributed by atoms with E-state index in [1.54, 1.807) is 18.2 Å². The molecule has 4 nitrogen and oxygen atoms in total. The average Bonchev–Trinajstić information content (AvgIpc) is 3.17. The number of halogens is 1. The number of carbonyl (C=O) groups excluding carboxylic acids is 1. The SMILES string of the molecule is O=C(CNCCOCC1CC1)Nc1cccc(Cl)c1. The minimum atomic E-state index is -0.0792. The molecule has 1 aromatic rings. The molecular formula is C14H19ClN2O2. The Kier molecular flexibility index (Phi) is 5.63. The molecular weight excluding hydrogens is 264 g/mol. The zero-order chi connectivity index (χ0) is 13.5. The first-order valence-electron chi connectivity index (χ1n) is 6.58. The number of nitrogens with one attached hydrogen (secondary N) is 2. The molecule has 1 fully saturated rings. The first kappa shape index (κ1) is 14.3. The van der Waals surface area contributed by atoms with Crippen molar-refractivity contribution in [3.05, 3.63) is 29.3 Å². The van der Waals surface area contributed by atoms with Crippen LogP contribution in [0.5, 0.6) is 0 Å². The van der Waals surface area contributed by atoms with Gasteiger partial charge in [0.25, 0.3) is 0 Å². The number of hydrogen-bond acceptors (Lipinski definition) is 3. The summed E-state index contributed by atoms with van der Waals surface area (Å²) in [5.41, 5.74) is 0.712. The van der Waals surface area contributed by atoms with E-state index in [0.717, 1.165) is 12.5 Å². The minimum Gasteiger partial charge on any atom is -0.380 e. The summed E-state index contributed by atoms with van der Waals surface area (Å²) in [6, 6.07) is 7.10. The Labute approximate surface area is 118 Å². The van der Waals surface area contributed by atoms with Crippen LogP contribution in [0.25, 0.3) is 0 Å². The topological polar surface area (TPSA) is 50.4 Å². The van der Waals surface area contributed by atoms with Gasteiger partial charge in [-0.15, -0.1) is 0 Å². The molecule has 5 heteroatoms. The standard InChI is InChI=1S/C14H19ClN2O2/c15-12-2-1-3-13(8-12)17-14(18)9-16-6-7-19-10-11-4-5-11/h1-3,8,11,16H,4-7,9-10H2,(H,17,18). The molecule has 2 N–H and O–H groups in total. The third-order valence-electron chi connectivity index (χ3n) is 2.87. The second kappa shape index (κ2) is 7.48. The van der Waals surface area contributed by atoms with Gasteiger partial charge in [-0.05, 0) is 37.0 Å². The number of hydrogen-bond donors (Lipinski definition) is 2. The molecule has 0 saturated heterocycles. The van der Waals surface area contributed by atoms with Gasteiger partial charge in [-0.3, -0.25) is 4.79 Å². The summed E-state index contributed by atoms with van der Waals surface area (Å²) in [6.45, 7) is 2.48. The monoisotopic (exact) mass is 282 g/mol. The van der Waals surface area contributed by atoms with Gasteiger partial charge in [0.15, 0.2) is 0 Å². The Hall–Kier alpha value is -1.10. The van der Waals surface area contributed by atoms with Gasteiger partial charge in [0.2, 0.25) is 5.91 Å². The molecule has 1 aliphatic rings. The molecule has 1 saturated carbocycles. The first-order chi connectivity index (χ1) is 9.24. The molecule has 1 aromatic carbocycles. The number of benzene rings is 1. The Morgan fingerprint density at radius 1 is 1.42 bits per heavy atom. The summed E-state index contributed by atoms with van der Waals surface area (Å²) in [7, 11) is 0. The van der Waals surface area contributed by atoms with Crippen molar-refractivity contribution < 1.29 is 9.53 Å². The lowest BCUT2D eigenvalue weighted by molar-refractivity contribution is -0.115. The maximum atomic E-state index is 11.6. The lowest BCUT2D eigenvalue weighted by Crippen LogP contribution is -2.30. The van der Waals surface area contributed by atoms with E-state index < -0.39 is 0 Å². The predicted molar refractivity (Wildman–Crippen MR) is 76.5 cm³/mol. The number of anilines is 1. The molecule has 104 valence electrons. The number of carbonyl (C=O) groups is 1. The number of rotatable bonds is 8. The van der Waals surface area contributed by atoms with Crippen LogP contribution in [0, 0.1) is 5.92 Å². The van der Waals surface area contributed by atoms with Crippen molar-refractivity contribution >= 4 is 23.2 Å². The summed E-state index contributed by atoms with van der Waals surface area (Å²) in [5, 5.41) is 6.43. The van der Waals surface area contributed by atoms with Gasteiger partial charge in [-0.2, -0.15) is 0 Å². The summed E-state index contributed by atoms with van der Waals surface area (Å²) < 4.78 is 5.46. The zero-order valence-electron chi connectivity index (χ0n) is 10.8. The van der Waals surface area contributed by atoms with E-state index in [-0.39, 0.29) is 12.5 Å². The lowest BCUT2D eigenvalue weighted by Gasteiger charge is -2.07. The second-order valence-corrected chi connectivity index (χ2v) is 5.19. The summed E-state index contributed by atoms with van der Waals surface area (Å²) in [4.78, 5) is 11.6. The van der Waals surface area contributed by atoms with Crippen LogP contribution in [0.4, 0.5) is 5.69 Å². The van der Waals surface area contributed by atoms with Crippen LogP contribution in [0.1, 0.15) is 12.8 Å². The van der Waals surface area contributed by atoms with Crippen LogP contribution >= 0.6 is 11.6 Å².